The maximum atomic E-state index is 13.7. The number of halogens is 1. The summed E-state index contributed by atoms with van der Waals surface area (Å²) in [7, 11) is 0. The number of aromatic nitrogens is 1. The van der Waals surface area contributed by atoms with E-state index in [2.05, 4.69) is 12.2 Å². The molecule has 1 N–H and O–H groups in total. The van der Waals surface area contributed by atoms with Crippen LogP contribution in [-0.4, -0.2) is 11.5 Å². The molecule has 2 nitrogen and oxygen atoms in total. The molecule has 2 aromatic rings. The molecule has 1 aliphatic rings. The minimum atomic E-state index is -0.168. The standard InChI is InChI=1S/C16H19FN2/c1-3-18-16-11-6-4-5-7-14(11)19-15-10(2)13(17)9-8-12(15)16/h8-9H,3-7H2,1-2H3,(H,18,19). The van der Waals surface area contributed by atoms with Gasteiger partial charge in [-0.1, -0.05) is 0 Å². The Labute approximate surface area is 113 Å². The molecule has 0 spiro atoms. The minimum Gasteiger partial charge on any atom is -0.384 e. The average Bonchev–Trinajstić information content (AvgIpc) is 2.43. The Kier molecular flexibility index (Phi) is 3.13. The van der Waals surface area contributed by atoms with E-state index in [9.17, 15) is 4.39 Å². The summed E-state index contributed by atoms with van der Waals surface area (Å²) in [6, 6.07) is 3.41. The largest absolute Gasteiger partial charge is 0.384 e. The summed E-state index contributed by atoms with van der Waals surface area (Å²) in [6.07, 6.45) is 4.50. The van der Waals surface area contributed by atoms with E-state index in [0.717, 1.165) is 36.0 Å². The SMILES string of the molecule is CCNc1c2c(nc3c(C)c(F)ccc13)CCCC2. The van der Waals surface area contributed by atoms with Crippen LogP contribution in [0.1, 0.15) is 36.6 Å². The average molecular weight is 258 g/mol. The fourth-order valence-corrected chi connectivity index (χ4v) is 2.98. The number of aryl methyl sites for hydroxylation is 2. The van der Waals surface area contributed by atoms with Crippen LogP contribution in [0.5, 0.6) is 0 Å². The topological polar surface area (TPSA) is 24.9 Å². The van der Waals surface area contributed by atoms with Crippen molar-refractivity contribution < 1.29 is 4.39 Å². The zero-order valence-electron chi connectivity index (χ0n) is 11.5. The Morgan fingerprint density at radius 2 is 2.05 bits per heavy atom. The highest BCUT2D eigenvalue weighted by molar-refractivity contribution is 5.95. The third-order valence-electron chi connectivity index (χ3n) is 3.98. The molecule has 0 amide bonds. The van der Waals surface area contributed by atoms with E-state index in [1.807, 2.05) is 13.0 Å². The second-order valence-corrected chi connectivity index (χ2v) is 5.22. The number of nitrogens with one attached hydrogen (secondary N) is 1. The molecule has 1 aromatic carbocycles. The Balaban J connectivity index is 2.35. The molecule has 0 radical (unpaired) electrons. The van der Waals surface area contributed by atoms with Gasteiger partial charge >= 0.3 is 0 Å². The lowest BCUT2D eigenvalue weighted by atomic mass is 9.92. The maximum absolute atomic E-state index is 13.7. The first-order valence-corrected chi connectivity index (χ1v) is 7.06. The summed E-state index contributed by atoms with van der Waals surface area (Å²) in [5.74, 6) is -0.168. The molecule has 19 heavy (non-hydrogen) atoms. The fourth-order valence-electron chi connectivity index (χ4n) is 2.98. The Morgan fingerprint density at radius 3 is 2.84 bits per heavy atom. The van der Waals surface area contributed by atoms with Gasteiger partial charge in [0.1, 0.15) is 5.82 Å². The molecule has 0 bridgehead atoms. The van der Waals surface area contributed by atoms with Gasteiger partial charge in [-0.05, 0) is 57.2 Å². The van der Waals surface area contributed by atoms with Gasteiger partial charge in [0.25, 0.3) is 0 Å². The van der Waals surface area contributed by atoms with Crippen LogP contribution in [-0.2, 0) is 12.8 Å². The number of anilines is 1. The quantitative estimate of drug-likeness (QED) is 0.881. The van der Waals surface area contributed by atoms with E-state index in [1.54, 1.807) is 6.07 Å². The van der Waals surface area contributed by atoms with Crippen molar-refractivity contribution in [3.05, 3.63) is 34.8 Å². The highest BCUT2D eigenvalue weighted by Gasteiger charge is 2.19. The molecule has 3 heteroatoms. The molecule has 1 aliphatic carbocycles. The Morgan fingerprint density at radius 1 is 1.26 bits per heavy atom. The van der Waals surface area contributed by atoms with Crippen LogP contribution in [0.4, 0.5) is 10.1 Å². The number of hydrogen-bond donors (Lipinski definition) is 1. The number of pyridine rings is 1. The van der Waals surface area contributed by atoms with E-state index in [0.29, 0.717) is 5.56 Å². The van der Waals surface area contributed by atoms with E-state index >= 15 is 0 Å². The summed E-state index contributed by atoms with van der Waals surface area (Å²) in [5, 5.41) is 4.52. The van der Waals surface area contributed by atoms with Crippen molar-refractivity contribution in [3.8, 4) is 0 Å². The van der Waals surface area contributed by atoms with Crippen LogP contribution < -0.4 is 5.32 Å². The molecule has 0 fully saturated rings. The second-order valence-electron chi connectivity index (χ2n) is 5.22. The van der Waals surface area contributed by atoms with Crippen molar-refractivity contribution in [2.24, 2.45) is 0 Å². The number of hydrogen-bond acceptors (Lipinski definition) is 2. The molecule has 0 saturated carbocycles. The van der Waals surface area contributed by atoms with Crippen molar-refractivity contribution in [1.82, 2.24) is 4.98 Å². The van der Waals surface area contributed by atoms with Gasteiger partial charge in [-0.3, -0.25) is 4.98 Å². The lowest BCUT2D eigenvalue weighted by Crippen LogP contribution is -2.11. The molecule has 3 rings (SSSR count). The van der Waals surface area contributed by atoms with Gasteiger partial charge in [0, 0.05) is 28.9 Å². The van der Waals surface area contributed by atoms with Crippen LogP contribution in [0.2, 0.25) is 0 Å². The van der Waals surface area contributed by atoms with E-state index < -0.39 is 0 Å². The molecule has 1 heterocycles. The van der Waals surface area contributed by atoms with Gasteiger partial charge in [-0.2, -0.15) is 0 Å². The first-order chi connectivity index (χ1) is 9.22. The maximum Gasteiger partial charge on any atom is 0.128 e. The summed E-state index contributed by atoms with van der Waals surface area (Å²) in [6.45, 7) is 4.79. The normalized spacial score (nSPS) is 14.5. The van der Waals surface area contributed by atoms with Crippen molar-refractivity contribution in [2.45, 2.75) is 39.5 Å². The van der Waals surface area contributed by atoms with Crippen LogP contribution in [0.25, 0.3) is 10.9 Å². The second kappa shape index (κ2) is 4.80. The zero-order chi connectivity index (χ0) is 13.4. The predicted octanol–water partition coefficient (Wildman–Crippen LogP) is 3.99. The fraction of sp³-hybridized carbons (Fsp3) is 0.438. The van der Waals surface area contributed by atoms with Gasteiger partial charge in [-0.15, -0.1) is 0 Å². The highest BCUT2D eigenvalue weighted by atomic mass is 19.1. The van der Waals surface area contributed by atoms with Crippen LogP contribution >= 0.6 is 0 Å². The molecule has 0 aliphatic heterocycles. The number of benzene rings is 1. The minimum absolute atomic E-state index is 0.168. The third kappa shape index (κ3) is 1.97. The zero-order valence-corrected chi connectivity index (χ0v) is 11.5. The van der Waals surface area contributed by atoms with E-state index in [1.165, 1.54) is 24.1 Å². The van der Waals surface area contributed by atoms with Crippen molar-refractivity contribution >= 4 is 16.6 Å². The molecule has 1 aromatic heterocycles. The lowest BCUT2D eigenvalue weighted by Gasteiger charge is -2.22. The van der Waals surface area contributed by atoms with Crippen molar-refractivity contribution in [2.75, 3.05) is 11.9 Å². The smallest absolute Gasteiger partial charge is 0.128 e. The monoisotopic (exact) mass is 258 g/mol. The van der Waals surface area contributed by atoms with Crippen molar-refractivity contribution in [3.63, 3.8) is 0 Å². The summed E-state index contributed by atoms with van der Waals surface area (Å²) in [5.41, 5.74) is 5.14. The van der Waals surface area contributed by atoms with Gasteiger partial charge in [0.2, 0.25) is 0 Å². The number of rotatable bonds is 2. The first kappa shape index (κ1) is 12.4. The number of nitrogens with zero attached hydrogens (tertiary/aromatic N) is 1. The lowest BCUT2D eigenvalue weighted by molar-refractivity contribution is 0.620. The predicted molar refractivity (Wildman–Crippen MR) is 77.2 cm³/mol. The van der Waals surface area contributed by atoms with E-state index in [4.69, 9.17) is 4.98 Å². The Bertz CT molecular complexity index is 634. The Hall–Kier alpha value is -1.64. The van der Waals surface area contributed by atoms with Crippen LogP contribution in [0, 0.1) is 12.7 Å². The summed E-state index contributed by atoms with van der Waals surface area (Å²) in [4.78, 5) is 4.74. The van der Waals surface area contributed by atoms with Gasteiger partial charge in [0.05, 0.1) is 5.52 Å². The van der Waals surface area contributed by atoms with Gasteiger partial charge < -0.3 is 5.32 Å². The van der Waals surface area contributed by atoms with Gasteiger partial charge in [-0.25, -0.2) is 4.39 Å². The molecule has 0 atom stereocenters. The molecular weight excluding hydrogens is 239 g/mol. The molecule has 0 saturated heterocycles. The van der Waals surface area contributed by atoms with Gasteiger partial charge in [0.15, 0.2) is 0 Å². The molecule has 100 valence electrons. The molecule has 0 unspecified atom stereocenters. The van der Waals surface area contributed by atoms with Crippen LogP contribution in [0.3, 0.4) is 0 Å². The summed E-state index contributed by atoms with van der Waals surface area (Å²) < 4.78 is 13.7. The first-order valence-electron chi connectivity index (χ1n) is 7.06. The van der Waals surface area contributed by atoms with Crippen LogP contribution in [0.15, 0.2) is 12.1 Å². The van der Waals surface area contributed by atoms with E-state index in [-0.39, 0.29) is 5.82 Å². The van der Waals surface area contributed by atoms with Crippen molar-refractivity contribution in [1.29, 1.82) is 0 Å². The summed E-state index contributed by atoms with van der Waals surface area (Å²) >= 11 is 0. The molecular formula is C16H19FN2. The highest BCUT2D eigenvalue weighted by Crippen LogP contribution is 2.34. The third-order valence-corrected chi connectivity index (χ3v) is 3.98. The number of fused-ring (bicyclic) bond motifs is 2.